The Balaban J connectivity index is 2.66. The third kappa shape index (κ3) is 4.73. The zero-order valence-electron chi connectivity index (χ0n) is 11.7. The highest BCUT2D eigenvalue weighted by Gasteiger charge is 2.14. The van der Waals surface area contributed by atoms with Crippen LogP contribution >= 0.6 is 11.6 Å². The maximum Gasteiger partial charge on any atom is 0.170 e. The van der Waals surface area contributed by atoms with Crippen LogP contribution in [0.5, 0.6) is 0 Å². The normalized spacial score (nSPS) is 12.7. The molecular weight excluding hydrogens is 262 g/mol. The summed E-state index contributed by atoms with van der Waals surface area (Å²) in [5.74, 6) is 0.0634. The molecule has 1 aromatic carbocycles. The zero-order chi connectivity index (χ0) is 14.5. The summed E-state index contributed by atoms with van der Waals surface area (Å²) < 4.78 is 0. The molecule has 0 amide bonds. The first-order valence-electron chi connectivity index (χ1n) is 6.36. The van der Waals surface area contributed by atoms with Crippen LogP contribution < -0.4 is 11.1 Å². The van der Waals surface area contributed by atoms with E-state index in [9.17, 15) is 0 Å². The van der Waals surface area contributed by atoms with Gasteiger partial charge in [-0.05, 0) is 23.5 Å². The molecule has 4 nitrogen and oxygen atoms in total. The number of hydrogen-bond donors (Lipinski definition) is 3. The number of benzene rings is 1. The van der Waals surface area contributed by atoms with Crippen molar-refractivity contribution in [3.05, 3.63) is 34.3 Å². The van der Waals surface area contributed by atoms with Crippen LogP contribution in [0.3, 0.4) is 0 Å². The SMILES string of the molecule is CCC(C)(C)CNCc1ccc(/C(N)=N/O)cc1Cl. The van der Waals surface area contributed by atoms with E-state index in [2.05, 4.69) is 31.2 Å². The smallest absolute Gasteiger partial charge is 0.170 e. The minimum Gasteiger partial charge on any atom is -0.409 e. The van der Waals surface area contributed by atoms with E-state index in [1.807, 2.05) is 6.07 Å². The quantitative estimate of drug-likeness (QED) is 0.325. The number of halogens is 1. The molecule has 0 saturated carbocycles. The fraction of sp³-hybridized carbons (Fsp3) is 0.500. The molecular formula is C14H22ClN3O. The van der Waals surface area contributed by atoms with Gasteiger partial charge in [0.1, 0.15) is 0 Å². The van der Waals surface area contributed by atoms with Gasteiger partial charge < -0.3 is 16.3 Å². The van der Waals surface area contributed by atoms with Gasteiger partial charge in [-0.3, -0.25) is 0 Å². The predicted molar refractivity (Wildman–Crippen MR) is 79.7 cm³/mol. The second-order valence-electron chi connectivity index (χ2n) is 5.41. The summed E-state index contributed by atoms with van der Waals surface area (Å²) in [5, 5.41) is 15.6. The summed E-state index contributed by atoms with van der Waals surface area (Å²) in [5.41, 5.74) is 7.41. The first-order chi connectivity index (χ1) is 8.89. The van der Waals surface area contributed by atoms with E-state index in [1.54, 1.807) is 12.1 Å². The Hall–Kier alpha value is -1.26. The van der Waals surface area contributed by atoms with Crippen LogP contribution in [-0.2, 0) is 6.54 Å². The lowest BCUT2D eigenvalue weighted by molar-refractivity contribution is 0.318. The Morgan fingerprint density at radius 1 is 1.47 bits per heavy atom. The Bertz CT molecular complexity index is 458. The third-order valence-electron chi connectivity index (χ3n) is 3.33. The molecule has 106 valence electrons. The van der Waals surface area contributed by atoms with Gasteiger partial charge in [-0.2, -0.15) is 0 Å². The molecule has 0 radical (unpaired) electrons. The van der Waals surface area contributed by atoms with E-state index in [-0.39, 0.29) is 11.3 Å². The summed E-state index contributed by atoms with van der Waals surface area (Å²) in [6, 6.07) is 5.39. The summed E-state index contributed by atoms with van der Waals surface area (Å²) in [4.78, 5) is 0. The lowest BCUT2D eigenvalue weighted by atomic mass is 9.90. The number of amidine groups is 1. The van der Waals surface area contributed by atoms with Gasteiger partial charge in [0.05, 0.1) is 0 Å². The van der Waals surface area contributed by atoms with Gasteiger partial charge in [0, 0.05) is 23.7 Å². The maximum absolute atomic E-state index is 8.61. The van der Waals surface area contributed by atoms with Crippen molar-refractivity contribution in [1.29, 1.82) is 0 Å². The van der Waals surface area contributed by atoms with Crippen LogP contribution in [0.4, 0.5) is 0 Å². The third-order valence-corrected chi connectivity index (χ3v) is 3.68. The molecule has 0 aliphatic rings. The van der Waals surface area contributed by atoms with Crippen molar-refractivity contribution in [2.75, 3.05) is 6.54 Å². The zero-order valence-corrected chi connectivity index (χ0v) is 12.5. The number of hydrogen-bond acceptors (Lipinski definition) is 3. The molecule has 0 bridgehead atoms. The minimum atomic E-state index is 0.0634. The molecule has 4 N–H and O–H groups in total. The number of nitrogens with zero attached hydrogens (tertiary/aromatic N) is 1. The summed E-state index contributed by atoms with van der Waals surface area (Å²) in [7, 11) is 0. The Morgan fingerprint density at radius 2 is 2.16 bits per heavy atom. The lowest BCUT2D eigenvalue weighted by Gasteiger charge is -2.23. The number of nitrogens with one attached hydrogen (secondary N) is 1. The Morgan fingerprint density at radius 3 is 2.68 bits per heavy atom. The van der Waals surface area contributed by atoms with Crippen molar-refractivity contribution in [1.82, 2.24) is 5.32 Å². The average molecular weight is 284 g/mol. The van der Waals surface area contributed by atoms with E-state index in [0.717, 1.165) is 18.5 Å². The first kappa shape index (κ1) is 15.8. The van der Waals surface area contributed by atoms with Gasteiger partial charge in [0.2, 0.25) is 0 Å². The topological polar surface area (TPSA) is 70.6 Å². The molecule has 0 spiro atoms. The monoisotopic (exact) mass is 283 g/mol. The minimum absolute atomic E-state index is 0.0634. The van der Waals surface area contributed by atoms with Crippen molar-refractivity contribution in [2.24, 2.45) is 16.3 Å². The standard InChI is InChI=1S/C14H22ClN3O/c1-4-14(2,3)9-17-8-11-6-5-10(7-12(11)15)13(16)18-19/h5-7,17,19H,4,8-9H2,1-3H3,(H2,16,18). The van der Waals surface area contributed by atoms with Gasteiger partial charge in [-0.15, -0.1) is 0 Å². The predicted octanol–water partition coefficient (Wildman–Crippen LogP) is 2.96. The fourth-order valence-corrected chi connectivity index (χ4v) is 1.82. The van der Waals surface area contributed by atoms with Gasteiger partial charge in [-0.25, -0.2) is 0 Å². The van der Waals surface area contributed by atoms with Gasteiger partial charge in [0.15, 0.2) is 5.84 Å². The molecule has 0 heterocycles. The molecule has 0 unspecified atom stereocenters. The van der Waals surface area contributed by atoms with Crippen LogP contribution in [0.1, 0.15) is 38.3 Å². The van der Waals surface area contributed by atoms with E-state index < -0.39 is 0 Å². The van der Waals surface area contributed by atoms with Crippen molar-refractivity contribution in [3.63, 3.8) is 0 Å². The average Bonchev–Trinajstić information content (AvgIpc) is 2.39. The molecule has 0 saturated heterocycles. The number of oxime groups is 1. The van der Waals surface area contributed by atoms with E-state index in [4.69, 9.17) is 22.5 Å². The highest BCUT2D eigenvalue weighted by Crippen LogP contribution is 2.20. The molecule has 19 heavy (non-hydrogen) atoms. The summed E-state index contributed by atoms with van der Waals surface area (Å²) >= 11 is 6.18. The van der Waals surface area contributed by atoms with Crippen molar-refractivity contribution >= 4 is 17.4 Å². The van der Waals surface area contributed by atoms with E-state index >= 15 is 0 Å². The maximum atomic E-state index is 8.61. The molecule has 5 heteroatoms. The largest absolute Gasteiger partial charge is 0.409 e. The molecule has 0 fully saturated rings. The number of rotatable bonds is 6. The van der Waals surface area contributed by atoms with Crippen LogP contribution in [-0.4, -0.2) is 17.6 Å². The molecule has 1 aromatic rings. The summed E-state index contributed by atoms with van der Waals surface area (Å²) in [6.45, 7) is 8.27. The van der Waals surface area contributed by atoms with Crippen molar-refractivity contribution < 1.29 is 5.21 Å². The Kier molecular flexibility index (Phi) is 5.63. The van der Waals surface area contributed by atoms with Gasteiger partial charge >= 0.3 is 0 Å². The second-order valence-corrected chi connectivity index (χ2v) is 5.82. The van der Waals surface area contributed by atoms with Crippen LogP contribution in [0, 0.1) is 5.41 Å². The number of nitrogens with two attached hydrogens (primary N) is 1. The van der Waals surface area contributed by atoms with Crippen molar-refractivity contribution in [3.8, 4) is 0 Å². The van der Waals surface area contributed by atoms with E-state index in [1.165, 1.54) is 0 Å². The molecule has 0 aliphatic heterocycles. The highest BCUT2D eigenvalue weighted by molar-refractivity contribution is 6.31. The van der Waals surface area contributed by atoms with Crippen LogP contribution in [0.2, 0.25) is 5.02 Å². The molecule has 1 rings (SSSR count). The molecule has 0 aliphatic carbocycles. The van der Waals surface area contributed by atoms with Gasteiger partial charge in [-0.1, -0.05) is 49.7 Å². The first-order valence-corrected chi connectivity index (χ1v) is 6.74. The summed E-state index contributed by atoms with van der Waals surface area (Å²) in [6.07, 6.45) is 1.12. The van der Waals surface area contributed by atoms with Crippen molar-refractivity contribution in [2.45, 2.75) is 33.7 Å². The van der Waals surface area contributed by atoms with Crippen LogP contribution in [0.15, 0.2) is 23.4 Å². The highest BCUT2D eigenvalue weighted by atomic mass is 35.5. The van der Waals surface area contributed by atoms with Crippen LogP contribution in [0.25, 0.3) is 0 Å². The molecule has 0 atom stereocenters. The molecule has 0 aromatic heterocycles. The fourth-order valence-electron chi connectivity index (χ4n) is 1.57. The second kappa shape index (κ2) is 6.78. The Labute approximate surface area is 119 Å². The lowest BCUT2D eigenvalue weighted by Crippen LogP contribution is -2.28. The van der Waals surface area contributed by atoms with Gasteiger partial charge in [0.25, 0.3) is 0 Å². The van der Waals surface area contributed by atoms with E-state index in [0.29, 0.717) is 17.1 Å².